The molecule has 2 atom stereocenters. The maximum Gasteiger partial charge on any atom is 0.148 e. The minimum absolute atomic E-state index is 0.0318. The van der Waals surface area contributed by atoms with E-state index < -0.39 is 11.5 Å². The number of Topliss-reactive ketones (excluding diaryl/α,β-unsaturated/α-hetero) is 2. The Labute approximate surface area is 104 Å². The van der Waals surface area contributed by atoms with Gasteiger partial charge >= 0.3 is 0 Å². The Kier molecular flexibility index (Phi) is 4.87. The van der Waals surface area contributed by atoms with E-state index in [4.69, 9.17) is 0 Å². The molecule has 0 aromatic heterocycles. The molecule has 1 N–H and O–H groups in total. The summed E-state index contributed by atoms with van der Waals surface area (Å²) in [4.78, 5) is 23.3. The van der Waals surface area contributed by atoms with Crippen LogP contribution in [0.1, 0.15) is 59.3 Å². The molecule has 2 aliphatic carbocycles. The lowest BCUT2D eigenvalue weighted by atomic mass is 9.71. The summed E-state index contributed by atoms with van der Waals surface area (Å²) < 4.78 is 0. The zero-order valence-corrected chi connectivity index (χ0v) is 11.2. The van der Waals surface area contributed by atoms with Crippen molar-refractivity contribution in [2.45, 2.75) is 64.9 Å². The molecule has 2 fully saturated rings. The molecule has 2 aliphatic rings. The van der Waals surface area contributed by atoms with Crippen LogP contribution in [0.3, 0.4) is 0 Å². The normalized spacial score (nSPS) is 32.0. The highest BCUT2D eigenvalue weighted by Gasteiger charge is 2.47. The van der Waals surface area contributed by atoms with Crippen LogP contribution in [0.2, 0.25) is 0 Å². The molecule has 2 saturated carbocycles. The van der Waals surface area contributed by atoms with E-state index >= 15 is 0 Å². The van der Waals surface area contributed by atoms with Crippen molar-refractivity contribution in [1.29, 1.82) is 0 Å². The van der Waals surface area contributed by atoms with E-state index in [-0.39, 0.29) is 17.5 Å². The summed E-state index contributed by atoms with van der Waals surface area (Å²) >= 11 is 0. The van der Waals surface area contributed by atoms with Gasteiger partial charge in [-0.05, 0) is 26.2 Å². The zero-order valence-electron chi connectivity index (χ0n) is 11.2. The Morgan fingerprint density at radius 2 is 1.71 bits per heavy atom. The number of carbonyl (C=O) groups excluding carboxylic acids is 2. The molecule has 0 aliphatic heterocycles. The fraction of sp³-hybridized carbons (Fsp3) is 0.857. The second-order valence-corrected chi connectivity index (χ2v) is 4.99. The first-order chi connectivity index (χ1) is 8.04. The summed E-state index contributed by atoms with van der Waals surface area (Å²) in [6.07, 6.45) is 4.47. The van der Waals surface area contributed by atoms with Crippen molar-refractivity contribution in [3.05, 3.63) is 0 Å². The van der Waals surface area contributed by atoms with Gasteiger partial charge < -0.3 is 5.11 Å². The van der Waals surface area contributed by atoms with Crippen LogP contribution in [0.15, 0.2) is 0 Å². The molecular weight excluding hydrogens is 216 g/mol. The second kappa shape index (κ2) is 5.76. The number of hydrogen-bond acceptors (Lipinski definition) is 3. The summed E-state index contributed by atoms with van der Waals surface area (Å²) in [6.45, 7) is 5.68. The monoisotopic (exact) mass is 240 g/mol. The molecule has 3 heteroatoms. The molecule has 0 bridgehead atoms. The molecular formula is C14H24O3. The van der Waals surface area contributed by atoms with Gasteiger partial charge in [0.1, 0.15) is 11.6 Å². The Bertz CT molecular complexity index is 290. The minimum atomic E-state index is -0.800. The van der Waals surface area contributed by atoms with Crippen LogP contribution in [0, 0.1) is 11.8 Å². The number of aliphatic hydroxyl groups is 1. The first kappa shape index (κ1) is 14.4. The van der Waals surface area contributed by atoms with E-state index in [2.05, 4.69) is 0 Å². The smallest absolute Gasteiger partial charge is 0.148 e. The van der Waals surface area contributed by atoms with E-state index in [1.165, 1.54) is 0 Å². The van der Waals surface area contributed by atoms with Gasteiger partial charge in [0.05, 0.1) is 11.5 Å². The highest BCUT2D eigenvalue weighted by Crippen LogP contribution is 2.41. The predicted octanol–water partition coefficient (Wildman–Crippen LogP) is 2.50. The molecule has 2 unspecified atom stereocenters. The van der Waals surface area contributed by atoms with E-state index in [1.54, 1.807) is 6.92 Å². The third kappa shape index (κ3) is 2.76. The summed E-state index contributed by atoms with van der Waals surface area (Å²) in [5.41, 5.74) is -0.800. The predicted molar refractivity (Wildman–Crippen MR) is 66.7 cm³/mol. The Hall–Kier alpha value is -0.700. The molecule has 0 amide bonds. The van der Waals surface area contributed by atoms with Gasteiger partial charge in [-0.2, -0.15) is 0 Å². The number of ketones is 2. The third-order valence-electron chi connectivity index (χ3n) is 4.05. The van der Waals surface area contributed by atoms with Crippen LogP contribution in [-0.2, 0) is 9.59 Å². The van der Waals surface area contributed by atoms with Gasteiger partial charge in [0.15, 0.2) is 0 Å². The first-order valence-electron chi connectivity index (χ1n) is 6.83. The largest absolute Gasteiger partial charge is 0.389 e. The van der Waals surface area contributed by atoms with Gasteiger partial charge in [-0.3, -0.25) is 9.59 Å². The van der Waals surface area contributed by atoms with Gasteiger partial charge in [-0.1, -0.05) is 26.7 Å². The zero-order chi connectivity index (χ0) is 13.1. The van der Waals surface area contributed by atoms with Gasteiger partial charge in [-0.15, -0.1) is 0 Å². The molecule has 17 heavy (non-hydrogen) atoms. The fourth-order valence-electron chi connectivity index (χ4n) is 2.97. The Morgan fingerprint density at radius 3 is 2.24 bits per heavy atom. The van der Waals surface area contributed by atoms with Crippen molar-refractivity contribution in [3.8, 4) is 0 Å². The van der Waals surface area contributed by atoms with Crippen molar-refractivity contribution in [2.24, 2.45) is 11.8 Å². The van der Waals surface area contributed by atoms with Crippen LogP contribution < -0.4 is 0 Å². The van der Waals surface area contributed by atoms with Gasteiger partial charge in [-0.25, -0.2) is 0 Å². The van der Waals surface area contributed by atoms with Crippen molar-refractivity contribution in [1.82, 2.24) is 0 Å². The van der Waals surface area contributed by atoms with Crippen molar-refractivity contribution < 1.29 is 14.7 Å². The maximum absolute atomic E-state index is 11.9. The van der Waals surface area contributed by atoms with Crippen molar-refractivity contribution in [3.63, 3.8) is 0 Å². The van der Waals surface area contributed by atoms with Crippen LogP contribution in [0.5, 0.6) is 0 Å². The average Bonchev–Trinajstić information content (AvgIpc) is 2.76. The number of rotatable bonds is 1. The molecule has 3 nitrogen and oxygen atoms in total. The van der Waals surface area contributed by atoms with Gasteiger partial charge in [0.25, 0.3) is 0 Å². The standard InChI is InChI=1S/C12H18O3.C2H6/c1-8-10(13)5-4-9(11(8)14)12(15)6-2-3-7-12;1-2/h8-9,15H,2-7H2,1H3;1-2H3. The highest BCUT2D eigenvalue weighted by atomic mass is 16.3. The molecule has 0 aromatic rings. The van der Waals surface area contributed by atoms with Crippen LogP contribution in [0.4, 0.5) is 0 Å². The lowest BCUT2D eigenvalue weighted by Gasteiger charge is -2.35. The summed E-state index contributed by atoms with van der Waals surface area (Å²) in [6, 6.07) is 0. The Morgan fingerprint density at radius 1 is 1.18 bits per heavy atom. The van der Waals surface area contributed by atoms with Crippen LogP contribution in [-0.4, -0.2) is 22.3 Å². The minimum Gasteiger partial charge on any atom is -0.389 e. The number of hydrogen-bond donors (Lipinski definition) is 1. The number of carbonyl (C=O) groups is 2. The third-order valence-corrected chi connectivity index (χ3v) is 4.05. The first-order valence-corrected chi connectivity index (χ1v) is 6.83. The van der Waals surface area contributed by atoms with E-state index in [0.29, 0.717) is 12.8 Å². The second-order valence-electron chi connectivity index (χ2n) is 4.99. The molecule has 0 spiro atoms. The van der Waals surface area contributed by atoms with Crippen LogP contribution >= 0.6 is 0 Å². The molecule has 0 aromatic carbocycles. The summed E-state index contributed by atoms with van der Waals surface area (Å²) in [5.74, 6) is -0.769. The molecule has 98 valence electrons. The lowest BCUT2D eigenvalue weighted by molar-refractivity contribution is -0.146. The lowest BCUT2D eigenvalue weighted by Crippen LogP contribution is -2.46. The molecule has 0 heterocycles. The Balaban J connectivity index is 0.000000686. The topological polar surface area (TPSA) is 54.4 Å². The maximum atomic E-state index is 11.9. The quantitative estimate of drug-likeness (QED) is 0.716. The van der Waals surface area contributed by atoms with Gasteiger partial charge in [0, 0.05) is 12.3 Å². The van der Waals surface area contributed by atoms with Crippen molar-refractivity contribution in [2.75, 3.05) is 0 Å². The molecule has 2 rings (SSSR count). The van der Waals surface area contributed by atoms with E-state index in [9.17, 15) is 14.7 Å². The highest BCUT2D eigenvalue weighted by molar-refractivity contribution is 6.05. The van der Waals surface area contributed by atoms with E-state index in [0.717, 1.165) is 25.7 Å². The fourth-order valence-corrected chi connectivity index (χ4v) is 2.97. The molecule has 0 saturated heterocycles. The van der Waals surface area contributed by atoms with Crippen molar-refractivity contribution >= 4 is 11.6 Å². The summed E-state index contributed by atoms with van der Waals surface area (Å²) in [5, 5.41) is 10.4. The van der Waals surface area contributed by atoms with Gasteiger partial charge in [0.2, 0.25) is 0 Å². The van der Waals surface area contributed by atoms with Crippen LogP contribution in [0.25, 0.3) is 0 Å². The SMILES string of the molecule is CC.CC1C(=O)CCC(C2(O)CCCC2)C1=O. The molecule has 0 radical (unpaired) electrons. The summed E-state index contributed by atoms with van der Waals surface area (Å²) in [7, 11) is 0. The van der Waals surface area contributed by atoms with E-state index in [1.807, 2.05) is 13.8 Å². The average molecular weight is 240 g/mol.